The Balaban J connectivity index is 1.23. The molecule has 2 aromatic rings. The number of carbonyl (C=O) groups excluding carboxylic acids is 2. The Labute approximate surface area is 181 Å². The summed E-state index contributed by atoms with van der Waals surface area (Å²) in [7, 11) is 0. The number of amides is 2. The second kappa shape index (κ2) is 9.76. The van der Waals surface area contributed by atoms with E-state index in [1.54, 1.807) is 12.3 Å². The molecule has 8 nitrogen and oxygen atoms in total. The molecule has 31 heavy (non-hydrogen) atoms. The molecule has 0 spiro atoms. The van der Waals surface area contributed by atoms with Gasteiger partial charge in [0, 0.05) is 64.1 Å². The number of anilines is 1. The van der Waals surface area contributed by atoms with Crippen LogP contribution in [0.3, 0.4) is 0 Å². The molecule has 0 aliphatic carbocycles. The molecule has 1 unspecified atom stereocenters. The number of rotatable bonds is 5. The van der Waals surface area contributed by atoms with Crippen LogP contribution in [0.5, 0.6) is 0 Å². The van der Waals surface area contributed by atoms with Crippen LogP contribution in [0.4, 0.5) is 5.82 Å². The van der Waals surface area contributed by atoms with Crippen LogP contribution in [0.15, 0.2) is 47.5 Å². The summed E-state index contributed by atoms with van der Waals surface area (Å²) in [6.45, 7) is 4.42. The van der Waals surface area contributed by atoms with Crippen LogP contribution in [-0.4, -0.2) is 70.9 Å². The van der Waals surface area contributed by atoms with Crippen LogP contribution < -0.4 is 10.5 Å². The van der Waals surface area contributed by atoms with E-state index in [-0.39, 0.29) is 17.4 Å². The minimum Gasteiger partial charge on any atom is -0.353 e. The number of pyridine rings is 2. The Kier molecular flexibility index (Phi) is 6.64. The number of aromatic amines is 1. The molecular weight excluding hydrogens is 394 g/mol. The first-order valence-electron chi connectivity index (χ1n) is 11.0. The summed E-state index contributed by atoms with van der Waals surface area (Å²) < 4.78 is 0. The second-order valence-electron chi connectivity index (χ2n) is 8.30. The zero-order chi connectivity index (χ0) is 21.6. The van der Waals surface area contributed by atoms with E-state index in [1.807, 2.05) is 28.0 Å². The lowest BCUT2D eigenvalue weighted by molar-refractivity contribution is -0.131. The number of aromatic nitrogens is 2. The molecule has 0 radical (unpaired) electrons. The van der Waals surface area contributed by atoms with Gasteiger partial charge in [0.2, 0.25) is 11.5 Å². The molecule has 1 N–H and O–H groups in total. The number of hydrogen-bond acceptors (Lipinski definition) is 5. The van der Waals surface area contributed by atoms with Gasteiger partial charge in [0.05, 0.1) is 5.56 Å². The van der Waals surface area contributed by atoms with Gasteiger partial charge >= 0.3 is 0 Å². The first-order chi connectivity index (χ1) is 15.1. The fourth-order valence-electron chi connectivity index (χ4n) is 4.42. The summed E-state index contributed by atoms with van der Waals surface area (Å²) in [5, 5.41) is 0. The van der Waals surface area contributed by atoms with Gasteiger partial charge in [-0.3, -0.25) is 14.4 Å². The normalized spacial score (nSPS) is 19.4. The van der Waals surface area contributed by atoms with Gasteiger partial charge in [0.25, 0.3) is 5.91 Å². The zero-order valence-corrected chi connectivity index (χ0v) is 17.7. The van der Waals surface area contributed by atoms with Crippen LogP contribution >= 0.6 is 0 Å². The first-order valence-corrected chi connectivity index (χ1v) is 11.0. The molecule has 0 bridgehead atoms. The molecule has 2 aliphatic heterocycles. The number of nitrogens with zero attached hydrogens (tertiary/aromatic N) is 4. The summed E-state index contributed by atoms with van der Waals surface area (Å²) in [5.74, 6) is 1.44. The molecule has 4 heterocycles. The van der Waals surface area contributed by atoms with E-state index < -0.39 is 0 Å². The van der Waals surface area contributed by atoms with Gasteiger partial charge in [-0.2, -0.15) is 0 Å². The predicted molar refractivity (Wildman–Crippen MR) is 118 cm³/mol. The Hall–Kier alpha value is -3.16. The van der Waals surface area contributed by atoms with E-state index in [1.165, 1.54) is 12.3 Å². The Bertz CT molecular complexity index is 933. The van der Waals surface area contributed by atoms with Crippen LogP contribution in [0.1, 0.15) is 36.0 Å². The number of likely N-dealkylation sites (tertiary alicyclic amines) is 1. The van der Waals surface area contributed by atoms with Crippen molar-refractivity contribution in [1.29, 1.82) is 0 Å². The van der Waals surface area contributed by atoms with Crippen molar-refractivity contribution in [3.63, 3.8) is 0 Å². The molecule has 1 atom stereocenters. The van der Waals surface area contributed by atoms with E-state index in [0.717, 1.165) is 57.8 Å². The first kappa shape index (κ1) is 21.1. The topological polar surface area (TPSA) is 89.6 Å². The fourth-order valence-corrected chi connectivity index (χ4v) is 4.42. The van der Waals surface area contributed by atoms with Gasteiger partial charge in [-0.25, -0.2) is 4.98 Å². The third-order valence-electron chi connectivity index (χ3n) is 6.21. The molecule has 0 saturated carbocycles. The van der Waals surface area contributed by atoms with Crippen LogP contribution in [0, 0.1) is 5.92 Å². The van der Waals surface area contributed by atoms with Crippen molar-refractivity contribution >= 4 is 17.6 Å². The van der Waals surface area contributed by atoms with E-state index in [4.69, 9.17) is 0 Å². The smallest absolute Gasteiger partial charge is 0.255 e. The van der Waals surface area contributed by atoms with Gasteiger partial charge < -0.3 is 19.7 Å². The van der Waals surface area contributed by atoms with Crippen LogP contribution in [-0.2, 0) is 4.79 Å². The molecule has 8 heteroatoms. The Morgan fingerprint density at radius 1 is 1.03 bits per heavy atom. The van der Waals surface area contributed by atoms with Crippen molar-refractivity contribution in [3.05, 3.63) is 58.6 Å². The molecule has 2 aliphatic rings. The third kappa shape index (κ3) is 5.31. The van der Waals surface area contributed by atoms with Crippen molar-refractivity contribution < 1.29 is 9.59 Å². The highest BCUT2D eigenvalue weighted by Gasteiger charge is 2.27. The van der Waals surface area contributed by atoms with Gasteiger partial charge in [0.1, 0.15) is 5.82 Å². The minimum absolute atomic E-state index is 0.0575. The lowest BCUT2D eigenvalue weighted by Crippen LogP contribution is -2.49. The fraction of sp³-hybridized carbons (Fsp3) is 0.478. The monoisotopic (exact) mass is 423 g/mol. The maximum atomic E-state index is 12.7. The molecule has 4 rings (SSSR count). The lowest BCUT2D eigenvalue weighted by atomic mass is 9.92. The van der Waals surface area contributed by atoms with Gasteiger partial charge in [-0.05, 0) is 43.4 Å². The number of piperazine rings is 1. The number of hydrogen-bond donors (Lipinski definition) is 1. The minimum atomic E-state index is -0.215. The number of H-pyrrole nitrogens is 1. The number of piperidine rings is 1. The Morgan fingerprint density at radius 2 is 1.87 bits per heavy atom. The highest BCUT2D eigenvalue weighted by molar-refractivity contribution is 5.93. The SMILES string of the molecule is O=C(CCC1CCCN(C(=O)c2ccc(=O)[nH]c2)C1)N1CCN(c2ccccn2)CC1. The largest absolute Gasteiger partial charge is 0.353 e. The zero-order valence-electron chi connectivity index (χ0n) is 17.7. The Morgan fingerprint density at radius 3 is 2.58 bits per heavy atom. The van der Waals surface area contributed by atoms with Crippen LogP contribution in [0.25, 0.3) is 0 Å². The quantitative estimate of drug-likeness (QED) is 0.791. The van der Waals surface area contributed by atoms with Crippen LogP contribution in [0.2, 0.25) is 0 Å². The van der Waals surface area contributed by atoms with E-state index in [9.17, 15) is 14.4 Å². The van der Waals surface area contributed by atoms with E-state index in [0.29, 0.717) is 24.4 Å². The molecule has 2 fully saturated rings. The summed E-state index contributed by atoms with van der Waals surface area (Å²) in [5.41, 5.74) is 0.287. The summed E-state index contributed by atoms with van der Waals surface area (Å²) in [6.07, 6.45) is 6.57. The summed E-state index contributed by atoms with van der Waals surface area (Å²) in [4.78, 5) is 49.6. The van der Waals surface area contributed by atoms with Crippen molar-refractivity contribution in [3.8, 4) is 0 Å². The maximum absolute atomic E-state index is 12.7. The summed E-state index contributed by atoms with van der Waals surface area (Å²) >= 11 is 0. The molecule has 164 valence electrons. The highest BCUT2D eigenvalue weighted by atomic mass is 16.2. The highest BCUT2D eigenvalue weighted by Crippen LogP contribution is 2.23. The molecule has 2 aromatic heterocycles. The number of carbonyl (C=O) groups is 2. The van der Waals surface area contributed by atoms with Gasteiger partial charge in [-0.15, -0.1) is 0 Å². The third-order valence-corrected chi connectivity index (χ3v) is 6.21. The van der Waals surface area contributed by atoms with Crippen molar-refractivity contribution in [2.24, 2.45) is 5.92 Å². The molecular formula is C23H29N5O3. The number of nitrogens with one attached hydrogen (secondary N) is 1. The van der Waals surface area contributed by atoms with E-state index in [2.05, 4.69) is 14.9 Å². The maximum Gasteiger partial charge on any atom is 0.255 e. The lowest BCUT2D eigenvalue weighted by Gasteiger charge is -2.36. The summed E-state index contributed by atoms with van der Waals surface area (Å²) in [6, 6.07) is 8.83. The molecule has 2 amide bonds. The standard InChI is InChI=1S/C23H29N5O3/c29-21-8-7-19(16-25-21)23(31)28-11-3-4-18(17-28)6-9-22(30)27-14-12-26(13-15-27)20-5-1-2-10-24-20/h1-2,5,7-8,10,16,18H,3-4,6,9,11-15,17H2,(H,25,29). The van der Waals surface area contributed by atoms with Gasteiger partial charge in [-0.1, -0.05) is 6.07 Å². The van der Waals surface area contributed by atoms with Gasteiger partial charge in [0.15, 0.2) is 0 Å². The van der Waals surface area contributed by atoms with Crippen molar-refractivity contribution in [1.82, 2.24) is 19.8 Å². The average molecular weight is 424 g/mol. The average Bonchev–Trinajstić information content (AvgIpc) is 2.83. The second-order valence-corrected chi connectivity index (χ2v) is 8.30. The predicted octanol–water partition coefficient (Wildman–Crippen LogP) is 1.75. The van der Waals surface area contributed by atoms with Crippen molar-refractivity contribution in [2.75, 3.05) is 44.2 Å². The molecule has 0 aromatic carbocycles. The van der Waals surface area contributed by atoms with Crippen molar-refractivity contribution in [2.45, 2.75) is 25.7 Å². The van der Waals surface area contributed by atoms with E-state index >= 15 is 0 Å². The molecule has 2 saturated heterocycles.